The lowest BCUT2D eigenvalue weighted by Gasteiger charge is -2.42. The summed E-state index contributed by atoms with van der Waals surface area (Å²) in [6.07, 6.45) is 1.06. The Bertz CT molecular complexity index is 637. The van der Waals surface area contributed by atoms with Crippen molar-refractivity contribution in [2.24, 2.45) is 28.6 Å². The van der Waals surface area contributed by atoms with Crippen molar-refractivity contribution in [1.82, 2.24) is 0 Å². The van der Waals surface area contributed by atoms with E-state index in [9.17, 15) is 24.9 Å². The molecule has 0 aromatic carbocycles. The fourth-order valence-electron chi connectivity index (χ4n) is 3.53. The number of nitrogens with zero attached hydrogens (tertiary/aromatic N) is 2. The second-order valence-corrected chi connectivity index (χ2v) is 7.41. The van der Waals surface area contributed by atoms with Crippen LogP contribution in [0.5, 0.6) is 0 Å². The molecule has 0 spiro atoms. The van der Waals surface area contributed by atoms with E-state index in [0.717, 1.165) is 14.2 Å². The smallest absolute Gasteiger partial charge is 0.328 e. The van der Waals surface area contributed by atoms with Gasteiger partial charge in [-0.2, -0.15) is 10.5 Å². The molecule has 1 saturated carbocycles. The van der Waals surface area contributed by atoms with Crippen LogP contribution >= 0.6 is 0 Å². The Hall–Kier alpha value is -2.41. The van der Waals surface area contributed by atoms with E-state index < -0.39 is 29.2 Å². The van der Waals surface area contributed by atoms with Gasteiger partial charge in [0.25, 0.3) is 0 Å². The number of carbonyl (C=O) groups is 3. The van der Waals surface area contributed by atoms with Crippen LogP contribution in [0.1, 0.15) is 40.0 Å². The lowest BCUT2D eigenvalue weighted by Crippen LogP contribution is -2.52. The van der Waals surface area contributed by atoms with Gasteiger partial charge in [-0.25, -0.2) is 0 Å². The second kappa shape index (κ2) is 7.65. The topological polar surface area (TPSA) is 117 Å². The van der Waals surface area contributed by atoms with E-state index in [1.54, 1.807) is 12.1 Å². The number of carbonyl (C=O) groups excluding carboxylic acids is 3. The third-order valence-electron chi connectivity index (χ3n) is 5.15. The van der Waals surface area contributed by atoms with E-state index in [1.807, 2.05) is 20.8 Å². The van der Waals surface area contributed by atoms with Gasteiger partial charge in [0, 0.05) is 12.3 Å². The van der Waals surface area contributed by atoms with Crippen LogP contribution in [0.3, 0.4) is 0 Å². The molecule has 1 aliphatic rings. The Labute approximate surface area is 147 Å². The zero-order chi connectivity index (χ0) is 19.4. The minimum absolute atomic E-state index is 0.0598. The fraction of sp³-hybridized carbons (Fsp3) is 0.722. The molecule has 0 aromatic rings. The number of nitriles is 2. The number of methoxy groups -OCH3 is 2. The number of ketones is 1. The van der Waals surface area contributed by atoms with E-state index in [-0.39, 0.29) is 30.0 Å². The summed E-state index contributed by atoms with van der Waals surface area (Å²) in [6.45, 7) is 6.04. The summed E-state index contributed by atoms with van der Waals surface area (Å²) >= 11 is 0. The summed E-state index contributed by atoms with van der Waals surface area (Å²) in [5.74, 6) is -5.16. The quantitative estimate of drug-likeness (QED) is 0.713. The molecule has 1 aliphatic carbocycles. The van der Waals surface area contributed by atoms with Crippen molar-refractivity contribution in [3.05, 3.63) is 0 Å². The van der Waals surface area contributed by atoms with Crippen LogP contribution in [-0.4, -0.2) is 31.9 Å². The molecular formula is C18H24N2O5. The first-order valence-corrected chi connectivity index (χ1v) is 8.09. The highest BCUT2D eigenvalue weighted by molar-refractivity contribution is 5.96. The van der Waals surface area contributed by atoms with Gasteiger partial charge in [0.15, 0.2) is 11.3 Å². The lowest BCUT2D eigenvalue weighted by molar-refractivity contribution is -0.167. The third-order valence-corrected chi connectivity index (χ3v) is 5.15. The fourth-order valence-corrected chi connectivity index (χ4v) is 3.53. The van der Waals surface area contributed by atoms with Gasteiger partial charge in [0.05, 0.1) is 26.4 Å². The maximum absolute atomic E-state index is 12.6. The molecule has 7 heteroatoms. The van der Waals surface area contributed by atoms with Crippen LogP contribution in [-0.2, 0) is 23.9 Å². The first-order chi connectivity index (χ1) is 11.6. The molecule has 0 unspecified atom stereocenters. The SMILES string of the molecule is COC(=O)[C@H](C#N)[C@@](C#N)(C(=O)OC)[C@@H]1C[C@H](C(C)(C)C)CCC1=O. The number of hydrogen-bond acceptors (Lipinski definition) is 7. The molecule has 1 fully saturated rings. The van der Waals surface area contributed by atoms with E-state index in [1.165, 1.54) is 0 Å². The van der Waals surface area contributed by atoms with Crippen LogP contribution in [0.2, 0.25) is 0 Å². The number of Topliss-reactive ketones (excluding diaryl/α,β-unsaturated/α-hetero) is 1. The average molecular weight is 348 g/mol. The first kappa shape index (κ1) is 20.6. The summed E-state index contributed by atoms with van der Waals surface area (Å²) < 4.78 is 9.33. The highest BCUT2D eigenvalue weighted by Gasteiger charge is 2.61. The minimum Gasteiger partial charge on any atom is -0.468 e. The number of ether oxygens (including phenoxy) is 2. The number of rotatable bonds is 4. The van der Waals surface area contributed by atoms with Gasteiger partial charge in [0.1, 0.15) is 5.78 Å². The van der Waals surface area contributed by atoms with Crippen molar-refractivity contribution in [2.45, 2.75) is 40.0 Å². The third kappa shape index (κ3) is 3.66. The monoisotopic (exact) mass is 348 g/mol. The highest BCUT2D eigenvalue weighted by atomic mass is 16.5. The molecule has 0 radical (unpaired) electrons. The van der Waals surface area contributed by atoms with Crippen molar-refractivity contribution in [3.63, 3.8) is 0 Å². The molecule has 4 atom stereocenters. The largest absolute Gasteiger partial charge is 0.468 e. The van der Waals surface area contributed by atoms with E-state index in [4.69, 9.17) is 4.74 Å². The van der Waals surface area contributed by atoms with E-state index in [0.29, 0.717) is 6.42 Å². The normalized spacial score (nSPS) is 24.2. The van der Waals surface area contributed by atoms with Gasteiger partial charge in [-0.3, -0.25) is 14.4 Å². The van der Waals surface area contributed by atoms with Gasteiger partial charge in [-0.05, 0) is 24.2 Å². The molecule has 7 nitrogen and oxygen atoms in total. The predicted molar refractivity (Wildman–Crippen MR) is 86.5 cm³/mol. The molecule has 1 rings (SSSR count). The zero-order valence-electron chi connectivity index (χ0n) is 15.3. The Kier molecular flexibility index (Phi) is 6.31. The van der Waals surface area contributed by atoms with Crippen LogP contribution in [0.4, 0.5) is 0 Å². The van der Waals surface area contributed by atoms with Gasteiger partial charge in [0.2, 0.25) is 0 Å². The van der Waals surface area contributed by atoms with Crippen molar-refractivity contribution in [3.8, 4) is 12.1 Å². The summed E-state index contributed by atoms with van der Waals surface area (Å²) in [5, 5.41) is 19.3. The maximum Gasteiger partial charge on any atom is 0.328 e. The van der Waals surface area contributed by atoms with Crippen LogP contribution in [0.25, 0.3) is 0 Å². The van der Waals surface area contributed by atoms with Gasteiger partial charge in [-0.1, -0.05) is 20.8 Å². The van der Waals surface area contributed by atoms with E-state index in [2.05, 4.69) is 4.74 Å². The Balaban J connectivity index is 3.53. The van der Waals surface area contributed by atoms with Crippen LogP contribution < -0.4 is 0 Å². The first-order valence-electron chi connectivity index (χ1n) is 8.09. The Morgan fingerprint density at radius 2 is 1.80 bits per heavy atom. The molecule has 0 aromatic heterocycles. The van der Waals surface area contributed by atoms with Crippen LogP contribution in [0, 0.1) is 51.2 Å². The molecule has 0 bridgehead atoms. The molecule has 136 valence electrons. The highest BCUT2D eigenvalue weighted by Crippen LogP contribution is 2.48. The van der Waals surface area contributed by atoms with E-state index >= 15 is 0 Å². The summed E-state index contributed by atoms with van der Waals surface area (Å²) in [4.78, 5) is 37.2. The average Bonchev–Trinajstić information content (AvgIpc) is 2.58. The number of hydrogen-bond donors (Lipinski definition) is 0. The molecule has 0 heterocycles. The summed E-state index contributed by atoms with van der Waals surface area (Å²) in [6, 6.07) is 3.47. The van der Waals surface area contributed by atoms with Crippen LogP contribution in [0.15, 0.2) is 0 Å². The van der Waals surface area contributed by atoms with Gasteiger partial charge in [-0.15, -0.1) is 0 Å². The lowest BCUT2D eigenvalue weighted by atomic mass is 9.58. The summed E-state index contributed by atoms with van der Waals surface area (Å²) in [7, 11) is 2.13. The Morgan fingerprint density at radius 3 is 2.20 bits per heavy atom. The molecule has 0 saturated heterocycles. The molecule has 0 amide bonds. The minimum atomic E-state index is -2.21. The van der Waals surface area contributed by atoms with Gasteiger partial charge < -0.3 is 9.47 Å². The molecule has 0 N–H and O–H groups in total. The maximum atomic E-state index is 12.6. The number of esters is 2. The van der Waals surface area contributed by atoms with Crippen molar-refractivity contribution in [2.75, 3.05) is 14.2 Å². The van der Waals surface area contributed by atoms with Crippen molar-refractivity contribution in [1.29, 1.82) is 10.5 Å². The van der Waals surface area contributed by atoms with Crippen molar-refractivity contribution < 1.29 is 23.9 Å². The van der Waals surface area contributed by atoms with Crippen molar-refractivity contribution >= 4 is 17.7 Å². The van der Waals surface area contributed by atoms with Gasteiger partial charge >= 0.3 is 11.9 Å². The Morgan fingerprint density at radius 1 is 1.20 bits per heavy atom. The molecule has 0 aliphatic heterocycles. The predicted octanol–water partition coefficient (Wildman–Crippen LogP) is 2.01. The standard InChI is InChI=1S/C18H24N2O5/c1-17(2,3)11-6-7-14(21)12(8-11)18(10-20,16(23)25-5)13(9-19)15(22)24-4/h11-13H,6-8H2,1-5H3/t11-,12-,13+,18+/m1/s1. The zero-order valence-corrected chi connectivity index (χ0v) is 15.3. The molecule has 25 heavy (non-hydrogen) atoms. The summed E-state index contributed by atoms with van der Waals surface area (Å²) in [5.41, 5.74) is -2.36. The molecular weight excluding hydrogens is 324 g/mol. The second-order valence-electron chi connectivity index (χ2n) is 7.41.